The number of nitrogens with two attached hydrogens (primary N) is 1. The van der Waals surface area contributed by atoms with E-state index in [0.717, 1.165) is 11.1 Å². The van der Waals surface area contributed by atoms with E-state index in [1.807, 2.05) is 13.0 Å². The largest absolute Gasteiger partial charge is 0.507 e. The zero-order valence-electron chi connectivity index (χ0n) is 8.45. The van der Waals surface area contributed by atoms with Gasteiger partial charge in [0.2, 0.25) is 0 Å². The lowest BCUT2D eigenvalue weighted by Crippen LogP contribution is -1.92. The van der Waals surface area contributed by atoms with Crippen molar-refractivity contribution in [3.05, 3.63) is 29.3 Å². The summed E-state index contributed by atoms with van der Waals surface area (Å²) in [7, 11) is 1.58. The molecule has 0 aliphatic rings. The van der Waals surface area contributed by atoms with Gasteiger partial charge in [-0.15, -0.1) is 0 Å². The van der Waals surface area contributed by atoms with Crippen LogP contribution in [0, 0.1) is 6.92 Å². The molecule has 0 saturated heterocycles. The number of aromatic hydroxyl groups is 1. The fraction of sp³-hybridized carbons (Fsp3) is 0.273. The Morgan fingerprint density at radius 1 is 1.50 bits per heavy atom. The molecule has 14 heavy (non-hydrogen) atoms. The normalized spacial score (nSPS) is 10.8. The van der Waals surface area contributed by atoms with Gasteiger partial charge in [0.25, 0.3) is 0 Å². The maximum Gasteiger partial charge on any atom is 0.126 e. The maximum atomic E-state index is 9.60. The Labute approximate surface area is 83.8 Å². The van der Waals surface area contributed by atoms with Gasteiger partial charge in [0.1, 0.15) is 11.5 Å². The molecule has 0 spiro atoms. The van der Waals surface area contributed by atoms with Crippen molar-refractivity contribution in [2.75, 3.05) is 13.7 Å². The van der Waals surface area contributed by atoms with Crippen LogP contribution in [0.25, 0.3) is 6.08 Å². The molecule has 3 heteroatoms. The fourth-order valence-corrected chi connectivity index (χ4v) is 1.25. The van der Waals surface area contributed by atoms with E-state index < -0.39 is 0 Å². The summed E-state index contributed by atoms with van der Waals surface area (Å²) in [6.07, 6.45) is 3.59. The standard InChI is InChI=1S/C11H15NO2/c1-8-6-9(4-3-5-12)10(13)7-11(8)14-2/h3-4,6-7,13H,5,12H2,1-2H3/b4-3+. The highest BCUT2D eigenvalue weighted by Crippen LogP contribution is 2.28. The Bertz CT molecular complexity index is 345. The van der Waals surface area contributed by atoms with Gasteiger partial charge in [-0.3, -0.25) is 0 Å². The lowest BCUT2D eigenvalue weighted by molar-refractivity contribution is 0.404. The topological polar surface area (TPSA) is 55.5 Å². The van der Waals surface area contributed by atoms with Crippen molar-refractivity contribution in [3.8, 4) is 11.5 Å². The Morgan fingerprint density at radius 3 is 2.79 bits per heavy atom. The number of aryl methyl sites for hydroxylation is 1. The highest BCUT2D eigenvalue weighted by molar-refractivity contribution is 5.60. The van der Waals surface area contributed by atoms with Crippen LogP contribution in [-0.2, 0) is 0 Å². The molecule has 0 aliphatic carbocycles. The Morgan fingerprint density at radius 2 is 2.21 bits per heavy atom. The zero-order chi connectivity index (χ0) is 10.6. The number of benzene rings is 1. The third-order valence-corrected chi connectivity index (χ3v) is 1.98. The summed E-state index contributed by atoms with van der Waals surface area (Å²) in [6.45, 7) is 2.39. The zero-order valence-corrected chi connectivity index (χ0v) is 8.45. The van der Waals surface area contributed by atoms with E-state index in [1.54, 1.807) is 25.3 Å². The van der Waals surface area contributed by atoms with Crippen LogP contribution < -0.4 is 10.5 Å². The smallest absolute Gasteiger partial charge is 0.126 e. The molecule has 0 heterocycles. The molecule has 1 aromatic carbocycles. The van der Waals surface area contributed by atoms with Crippen molar-refractivity contribution < 1.29 is 9.84 Å². The van der Waals surface area contributed by atoms with E-state index in [1.165, 1.54) is 0 Å². The predicted molar refractivity (Wildman–Crippen MR) is 57.5 cm³/mol. The second-order valence-corrected chi connectivity index (χ2v) is 3.02. The fourth-order valence-electron chi connectivity index (χ4n) is 1.25. The number of ether oxygens (including phenoxy) is 1. The van der Waals surface area contributed by atoms with E-state index in [2.05, 4.69) is 0 Å². The molecule has 0 unspecified atom stereocenters. The molecule has 0 fully saturated rings. The number of hydrogen-bond donors (Lipinski definition) is 2. The molecule has 1 aromatic rings. The monoisotopic (exact) mass is 193 g/mol. The lowest BCUT2D eigenvalue weighted by atomic mass is 10.1. The lowest BCUT2D eigenvalue weighted by Gasteiger charge is -2.07. The van der Waals surface area contributed by atoms with Crippen molar-refractivity contribution in [1.29, 1.82) is 0 Å². The minimum absolute atomic E-state index is 0.206. The van der Waals surface area contributed by atoms with E-state index >= 15 is 0 Å². The van der Waals surface area contributed by atoms with Gasteiger partial charge in [0.15, 0.2) is 0 Å². The first kappa shape index (κ1) is 10.6. The number of phenols is 1. The van der Waals surface area contributed by atoms with E-state index in [4.69, 9.17) is 10.5 Å². The Balaban J connectivity index is 3.08. The average molecular weight is 193 g/mol. The molecule has 0 radical (unpaired) electrons. The van der Waals surface area contributed by atoms with E-state index in [0.29, 0.717) is 12.3 Å². The van der Waals surface area contributed by atoms with Crippen molar-refractivity contribution in [1.82, 2.24) is 0 Å². The molecule has 1 rings (SSSR count). The minimum Gasteiger partial charge on any atom is -0.507 e. The molecular formula is C11H15NO2. The SMILES string of the molecule is COc1cc(O)c(/C=C/CN)cc1C. The molecular weight excluding hydrogens is 178 g/mol. The molecule has 0 aliphatic heterocycles. The molecule has 0 atom stereocenters. The van der Waals surface area contributed by atoms with Crippen LogP contribution in [0.15, 0.2) is 18.2 Å². The quantitative estimate of drug-likeness (QED) is 0.768. The van der Waals surface area contributed by atoms with Crippen LogP contribution in [-0.4, -0.2) is 18.8 Å². The molecule has 76 valence electrons. The van der Waals surface area contributed by atoms with Gasteiger partial charge in [0, 0.05) is 18.2 Å². The average Bonchev–Trinajstić information content (AvgIpc) is 2.18. The van der Waals surface area contributed by atoms with Crippen molar-refractivity contribution >= 4 is 6.08 Å². The van der Waals surface area contributed by atoms with Crippen molar-refractivity contribution in [2.45, 2.75) is 6.92 Å². The van der Waals surface area contributed by atoms with Gasteiger partial charge < -0.3 is 15.6 Å². The van der Waals surface area contributed by atoms with Gasteiger partial charge >= 0.3 is 0 Å². The van der Waals surface area contributed by atoms with Gasteiger partial charge in [-0.25, -0.2) is 0 Å². The third-order valence-electron chi connectivity index (χ3n) is 1.98. The van der Waals surface area contributed by atoms with Crippen LogP contribution in [0.4, 0.5) is 0 Å². The number of hydrogen-bond acceptors (Lipinski definition) is 3. The summed E-state index contributed by atoms with van der Waals surface area (Å²) in [5.74, 6) is 0.893. The van der Waals surface area contributed by atoms with E-state index in [9.17, 15) is 5.11 Å². The molecule has 0 bridgehead atoms. The first-order valence-electron chi connectivity index (χ1n) is 4.43. The van der Waals surface area contributed by atoms with Crippen LogP contribution in [0.2, 0.25) is 0 Å². The highest BCUT2D eigenvalue weighted by atomic mass is 16.5. The van der Waals surface area contributed by atoms with Gasteiger partial charge in [-0.2, -0.15) is 0 Å². The van der Waals surface area contributed by atoms with Crippen LogP contribution in [0.3, 0.4) is 0 Å². The Kier molecular flexibility index (Phi) is 3.54. The molecule has 3 N–H and O–H groups in total. The Hall–Kier alpha value is -1.48. The second-order valence-electron chi connectivity index (χ2n) is 3.02. The van der Waals surface area contributed by atoms with Crippen LogP contribution in [0.1, 0.15) is 11.1 Å². The molecule has 0 saturated carbocycles. The van der Waals surface area contributed by atoms with Crippen LogP contribution >= 0.6 is 0 Å². The van der Waals surface area contributed by atoms with Crippen molar-refractivity contribution in [3.63, 3.8) is 0 Å². The summed E-state index contributed by atoms with van der Waals surface area (Å²) >= 11 is 0. The molecule has 0 amide bonds. The summed E-state index contributed by atoms with van der Waals surface area (Å²) in [4.78, 5) is 0. The highest BCUT2D eigenvalue weighted by Gasteiger charge is 2.03. The van der Waals surface area contributed by atoms with Crippen LogP contribution in [0.5, 0.6) is 11.5 Å². The summed E-state index contributed by atoms with van der Waals surface area (Å²) in [5, 5.41) is 9.60. The third kappa shape index (κ3) is 2.26. The first-order valence-corrected chi connectivity index (χ1v) is 4.43. The molecule has 3 nitrogen and oxygen atoms in total. The van der Waals surface area contributed by atoms with Gasteiger partial charge in [-0.05, 0) is 18.6 Å². The van der Waals surface area contributed by atoms with E-state index in [-0.39, 0.29) is 5.75 Å². The van der Waals surface area contributed by atoms with Gasteiger partial charge in [0.05, 0.1) is 7.11 Å². The van der Waals surface area contributed by atoms with Crippen molar-refractivity contribution in [2.24, 2.45) is 5.73 Å². The molecule has 0 aromatic heterocycles. The summed E-state index contributed by atoms with van der Waals surface area (Å²) < 4.78 is 5.08. The summed E-state index contributed by atoms with van der Waals surface area (Å²) in [5.41, 5.74) is 7.07. The van der Waals surface area contributed by atoms with Gasteiger partial charge in [-0.1, -0.05) is 12.2 Å². The minimum atomic E-state index is 0.206. The maximum absolute atomic E-state index is 9.60. The number of methoxy groups -OCH3 is 1. The number of phenolic OH excluding ortho intramolecular Hbond substituents is 1. The first-order chi connectivity index (χ1) is 6.69. The summed E-state index contributed by atoms with van der Waals surface area (Å²) in [6, 6.07) is 3.46. The predicted octanol–water partition coefficient (Wildman–Crippen LogP) is 1.68. The second kappa shape index (κ2) is 4.67. The number of rotatable bonds is 3.